The lowest BCUT2D eigenvalue weighted by atomic mass is 10.1. The van der Waals surface area contributed by atoms with Gasteiger partial charge in [-0.15, -0.1) is 0 Å². The molecule has 1 aliphatic rings. The van der Waals surface area contributed by atoms with Crippen molar-refractivity contribution in [2.45, 2.75) is 82.7 Å². The van der Waals surface area contributed by atoms with Crippen LogP contribution in [0.1, 0.15) is 66.8 Å². The molecule has 0 saturated carbocycles. The molecule has 5 aromatic rings. The Hall–Kier alpha value is -4.61. The van der Waals surface area contributed by atoms with Crippen LogP contribution in [-0.4, -0.2) is 24.2 Å². The molecule has 0 amide bonds. The highest BCUT2D eigenvalue weighted by molar-refractivity contribution is 6.31. The third kappa shape index (κ3) is 16.3. The van der Waals surface area contributed by atoms with Crippen LogP contribution in [0, 0.1) is 82.0 Å². The van der Waals surface area contributed by atoms with Crippen LogP contribution in [0.5, 0.6) is 5.75 Å². The second-order valence-corrected chi connectivity index (χ2v) is 13.7. The fourth-order valence-electron chi connectivity index (χ4n) is 4.69. The van der Waals surface area contributed by atoms with E-state index in [-0.39, 0.29) is 5.82 Å². The molecule has 6 rings (SSSR count). The Kier molecular flexibility index (Phi) is 18.0. The molecule has 0 unspecified atom stereocenters. The second kappa shape index (κ2) is 21.6. The average molecular weight is 710 g/mol. The molecule has 1 aliphatic heterocycles. The van der Waals surface area contributed by atoms with Gasteiger partial charge >= 0.3 is 0 Å². The quantitative estimate of drug-likeness (QED) is 0.171. The van der Waals surface area contributed by atoms with Crippen LogP contribution in [0.2, 0.25) is 5.02 Å². The summed E-state index contributed by atoms with van der Waals surface area (Å²) in [6.07, 6.45) is 0. The molecule has 0 spiro atoms. The van der Waals surface area contributed by atoms with Crippen molar-refractivity contribution in [1.29, 1.82) is 0 Å². The number of aromatic hydroxyl groups is 1. The maximum Gasteiger partial charge on any atom is 0.191 e. The van der Waals surface area contributed by atoms with E-state index in [9.17, 15) is 4.39 Å². The number of benzene rings is 5. The number of aliphatic imine (C=N–C) groups is 1. The summed E-state index contributed by atoms with van der Waals surface area (Å²) in [5.41, 5.74) is 14.1. The van der Waals surface area contributed by atoms with Crippen molar-refractivity contribution < 1.29 is 9.50 Å². The van der Waals surface area contributed by atoms with Gasteiger partial charge in [-0.25, -0.2) is 4.39 Å². The van der Waals surface area contributed by atoms with Gasteiger partial charge in [0, 0.05) is 18.1 Å². The number of nitrogens with one attached hydrogen (secondary N) is 2. The lowest BCUT2D eigenvalue weighted by molar-refractivity contribution is 0.470. The molecular weight excluding hydrogens is 653 g/mol. The Morgan fingerprint density at radius 2 is 1.08 bits per heavy atom. The Morgan fingerprint density at radius 3 is 1.53 bits per heavy atom. The normalized spacial score (nSPS) is 11.1. The first-order chi connectivity index (χ1) is 24.0. The number of aryl methyl sites for hydroxylation is 11. The van der Waals surface area contributed by atoms with Gasteiger partial charge in [-0.05, 0) is 150 Å². The molecule has 0 atom stereocenters. The zero-order chi connectivity index (χ0) is 38.1. The number of guanidine groups is 1. The van der Waals surface area contributed by atoms with Crippen LogP contribution in [0.4, 0.5) is 4.39 Å². The molecule has 51 heavy (non-hydrogen) atoms. The number of hydrogen-bond donors (Lipinski definition) is 3. The Bertz CT molecular complexity index is 1680. The van der Waals surface area contributed by atoms with Gasteiger partial charge in [0.25, 0.3) is 0 Å². The van der Waals surface area contributed by atoms with Crippen LogP contribution >= 0.6 is 11.6 Å². The third-order valence-corrected chi connectivity index (χ3v) is 8.71. The lowest BCUT2D eigenvalue weighted by Gasteiger charge is -2.09. The largest absolute Gasteiger partial charge is 0.508 e. The molecule has 0 saturated heterocycles. The van der Waals surface area contributed by atoms with Crippen molar-refractivity contribution in [3.63, 3.8) is 0 Å². The molecule has 1 heterocycles. The number of halogens is 2. The molecular formula is C45H57ClFN3O. The first-order valence-corrected chi connectivity index (χ1v) is 17.8. The number of hydrogen-bond acceptors (Lipinski definition) is 4. The molecule has 0 aromatic heterocycles. The zero-order valence-electron chi connectivity index (χ0n) is 32.4. The average Bonchev–Trinajstić information content (AvgIpc) is 3.60. The summed E-state index contributed by atoms with van der Waals surface area (Å²) < 4.78 is 12.6. The topological polar surface area (TPSA) is 56.7 Å². The van der Waals surface area contributed by atoms with E-state index < -0.39 is 0 Å². The third-order valence-electron chi connectivity index (χ3n) is 8.31. The molecule has 0 fully saturated rings. The van der Waals surface area contributed by atoms with E-state index >= 15 is 0 Å². The van der Waals surface area contributed by atoms with Crippen LogP contribution in [-0.2, 0) is 6.54 Å². The van der Waals surface area contributed by atoms with E-state index in [1.54, 1.807) is 19.1 Å². The van der Waals surface area contributed by atoms with Gasteiger partial charge in [0.1, 0.15) is 11.6 Å². The van der Waals surface area contributed by atoms with Gasteiger partial charge in [-0.2, -0.15) is 0 Å². The van der Waals surface area contributed by atoms with Crippen molar-refractivity contribution in [3.8, 4) is 5.75 Å². The van der Waals surface area contributed by atoms with E-state index in [1.165, 1.54) is 45.0 Å². The maximum atomic E-state index is 12.6. The van der Waals surface area contributed by atoms with Gasteiger partial charge in [-0.1, -0.05) is 95.5 Å². The van der Waals surface area contributed by atoms with Gasteiger partial charge in [0.05, 0.1) is 6.54 Å². The smallest absolute Gasteiger partial charge is 0.191 e. The fraction of sp³-hybridized carbons (Fsp3) is 0.311. The number of phenols is 1. The van der Waals surface area contributed by atoms with Gasteiger partial charge in [-0.3, -0.25) is 4.99 Å². The van der Waals surface area contributed by atoms with Gasteiger partial charge < -0.3 is 15.7 Å². The summed E-state index contributed by atoms with van der Waals surface area (Å²) in [6.45, 7) is 24.8. The van der Waals surface area contributed by atoms with Crippen molar-refractivity contribution >= 4 is 17.6 Å². The molecule has 0 aliphatic carbocycles. The zero-order valence-corrected chi connectivity index (χ0v) is 33.2. The lowest BCUT2D eigenvalue weighted by Crippen LogP contribution is -2.33. The monoisotopic (exact) mass is 709 g/mol. The molecule has 5 aromatic carbocycles. The van der Waals surface area contributed by atoms with E-state index in [0.717, 1.165) is 52.9 Å². The molecule has 272 valence electrons. The summed E-state index contributed by atoms with van der Waals surface area (Å²) in [7, 11) is 0. The predicted molar refractivity (Wildman–Crippen MR) is 218 cm³/mol. The van der Waals surface area contributed by atoms with Crippen LogP contribution in [0.15, 0.2) is 96.0 Å². The Labute approximate surface area is 311 Å². The molecule has 6 heteroatoms. The summed E-state index contributed by atoms with van der Waals surface area (Å²) in [5, 5.41) is 16.5. The van der Waals surface area contributed by atoms with Crippen molar-refractivity contribution in [2.75, 3.05) is 13.1 Å². The van der Waals surface area contributed by atoms with Crippen molar-refractivity contribution in [3.05, 3.63) is 169 Å². The second-order valence-electron chi connectivity index (χ2n) is 13.3. The molecule has 4 nitrogen and oxygen atoms in total. The fourth-order valence-corrected chi connectivity index (χ4v) is 4.93. The minimum Gasteiger partial charge on any atom is -0.508 e. The van der Waals surface area contributed by atoms with E-state index in [1.807, 2.05) is 65.0 Å². The Morgan fingerprint density at radius 1 is 0.588 bits per heavy atom. The maximum absolute atomic E-state index is 12.6. The minimum absolute atomic E-state index is 0.116. The van der Waals surface area contributed by atoms with Gasteiger partial charge in [0.2, 0.25) is 0 Å². The number of nitrogens with zero attached hydrogens (tertiary/aromatic N) is 1. The summed E-state index contributed by atoms with van der Waals surface area (Å²) in [4.78, 5) is 4.30. The van der Waals surface area contributed by atoms with E-state index in [2.05, 4.69) is 92.7 Å². The van der Waals surface area contributed by atoms with Crippen LogP contribution in [0.25, 0.3) is 0 Å². The first kappa shape index (κ1) is 42.6. The van der Waals surface area contributed by atoms with Crippen molar-refractivity contribution in [1.82, 2.24) is 10.6 Å². The van der Waals surface area contributed by atoms with Crippen LogP contribution < -0.4 is 10.6 Å². The standard InChI is InChI=1S/C12H17N3.C9H12.C8H9Cl.C8H9F.C8H10O/c1-9-3-4-10(2)11(7-9)8-15-12-13-5-6-14-12;1-7-4-5-8(2)9(3)6-7;3*1-6-3-4-7(2)8(9)5-6/h3-4,7H,5-6,8H2,1-2H3,(H2,13,14,15);4-6H,1-3H3;2*3-5H,1-2H3;3-5,9H,1-2H3. The van der Waals surface area contributed by atoms with Gasteiger partial charge in [0.15, 0.2) is 5.96 Å². The van der Waals surface area contributed by atoms with Crippen molar-refractivity contribution in [2.24, 2.45) is 4.99 Å². The summed E-state index contributed by atoms with van der Waals surface area (Å²) >= 11 is 5.81. The summed E-state index contributed by atoms with van der Waals surface area (Å²) in [6, 6.07) is 29.9. The highest BCUT2D eigenvalue weighted by Crippen LogP contribution is 2.17. The minimum atomic E-state index is -0.116. The first-order valence-electron chi connectivity index (χ1n) is 17.4. The summed E-state index contributed by atoms with van der Waals surface area (Å²) in [5.74, 6) is 1.20. The highest BCUT2D eigenvalue weighted by Gasteiger charge is 2.05. The predicted octanol–water partition coefficient (Wildman–Crippen LogP) is 11.4. The number of phenolic OH excluding ortho intramolecular Hbond substituents is 1. The molecule has 3 N–H and O–H groups in total. The molecule has 0 bridgehead atoms. The SMILES string of the molecule is Cc1ccc(C)c(C)c1.Cc1ccc(C)c(CNC2=NCCN2)c1.Cc1ccc(C)c(Cl)c1.Cc1ccc(C)c(F)c1.Cc1ccc(C)c(O)c1. The van der Waals surface area contributed by atoms with E-state index in [4.69, 9.17) is 16.7 Å². The Balaban J connectivity index is 0.000000226. The number of rotatable bonds is 2. The highest BCUT2D eigenvalue weighted by atomic mass is 35.5. The van der Waals surface area contributed by atoms with E-state index in [0.29, 0.717) is 11.3 Å². The molecule has 0 radical (unpaired) electrons. The van der Waals surface area contributed by atoms with Crippen LogP contribution in [0.3, 0.4) is 0 Å².